The Morgan fingerprint density at radius 1 is 1.57 bits per heavy atom. The number of hydrogen-bond acceptors (Lipinski definition) is 3. The van der Waals surface area contributed by atoms with Crippen LogP contribution in [-0.2, 0) is 0 Å². The van der Waals surface area contributed by atoms with Gasteiger partial charge in [0, 0.05) is 13.0 Å². The fourth-order valence-corrected chi connectivity index (χ4v) is 0.917. The van der Waals surface area contributed by atoms with Gasteiger partial charge in [0.05, 0.1) is 5.56 Å². The molecule has 1 heterocycles. The molecule has 0 amide bonds. The molecule has 0 aliphatic carbocycles. The molecule has 0 radical (unpaired) electrons. The van der Waals surface area contributed by atoms with E-state index in [0.717, 1.165) is 6.92 Å². The van der Waals surface area contributed by atoms with Gasteiger partial charge in [-0.05, 0) is 9.91 Å². The fourth-order valence-electron chi connectivity index (χ4n) is 0.917. The van der Waals surface area contributed by atoms with Gasteiger partial charge in [0.25, 0.3) is 6.43 Å². The maximum Gasteiger partial charge on any atom is 0.364 e. The molecular weight excluding hydrogens is 201 g/mol. The third-order valence-electron chi connectivity index (χ3n) is 1.56. The lowest BCUT2D eigenvalue weighted by atomic mass is 10.2. The summed E-state index contributed by atoms with van der Waals surface area (Å²) in [6.07, 6.45) is -3.09. The molecule has 0 unspecified atom stereocenters. The molecule has 14 heavy (non-hydrogen) atoms. The van der Waals surface area contributed by atoms with Crippen molar-refractivity contribution in [3.63, 3.8) is 0 Å². The van der Waals surface area contributed by atoms with E-state index >= 15 is 0 Å². The zero-order valence-corrected chi connectivity index (χ0v) is 7.00. The highest BCUT2D eigenvalue weighted by Crippen LogP contribution is 2.26. The molecule has 0 aliphatic rings. The molecule has 0 saturated heterocycles. The van der Waals surface area contributed by atoms with Crippen molar-refractivity contribution in [2.45, 2.75) is 13.3 Å². The van der Waals surface area contributed by atoms with E-state index in [1.165, 1.54) is 0 Å². The minimum Gasteiger partial charge on any atom is -0.358 e. The second kappa shape index (κ2) is 3.60. The molecule has 0 atom stereocenters. The highest BCUT2D eigenvalue weighted by molar-refractivity contribution is 5.31. The van der Waals surface area contributed by atoms with E-state index in [4.69, 9.17) is 0 Å². The highest BCUT2D eigenvalue weighted by Gasteiger charge is 2.23. The Labute approximate surface area is 76.5 Å². The van der Waals surface area contributed by atoms with Crippen LogP contribution in [0.25, 0.3) is 0 Å². The van der Waals surface area contributed by atoms with Crippen molar-refractivity contribution in [3.8, 4) is 0 Å². The van der Waals surface area contributed by atoms with Gasteiger partial charge in [-0.25, -0.2) is 13.2 Å². The fraction of sp³-hybridized carbons (Fsp3) is 0.286. The monoisotopic (exact) mass is 206 g/mol. The third kappa shape index (κ3) is 1.81. The average molecular weight is 206 g/mol. The molecule has 1 rings (SSSR count). The van der Waals surface area contributed by atoms with Gasteiger partial charge in [-0.3, -0.25) is 0 Å². The van der Waals surface area contributed by atoms with Gasteiger partial charge in [-0.2, -0.15) is 0 Å². The number of aromatic nitrogens is 1. The first-order valence-electron chi connectivity index (χ1n) is 3.53. The van der Waals surface area contributed by atoms with Crippen molar-refractivity contribution in [1.29, 1.82) is 0 Å². The first-order valence-corrected chi connectivity index (χ1v) is 3.53. The Hall–Kier alpha value is -1.66. The lowest BCUT2D eigenvalue weighted by molar-refractivity contribution is -0.389. The van der Waals surface area contributed by atoms with Gasteiger partial charge in [-0.15, -0.1) is 0 Å². The summed E-state index contributed by atoms with van der Waals surface area (Å²) < 4.78 is 37.3. The summed E-state index contributed by atoms with van der Waals surface area (Å²) in [5, 5.41) is 10.2. The Bertz CT molecular complexity index is 381. The molecule has 0 spiro atoms. The lowest BCUT2D eigenvalue weighted by Crippen LogP contribution is -2.01. The van der Waals surface area contributed by atoms with Crippen LogP contribution in [0.1, 0.15) is 17.7 Å². The van der Waals surface area contributed by atoms with Crippen LogP contribution in [0.4, 0.5) is 19.0 Å². The molecule has 7 heteroatoms. The van der Waals surface area contributed by atoms with E-state index in [-0.39, 0.29) is 0 Å². The molecule has 1 aromatic heterocycles. The maximum atomic E-state index is 12.9. The minimum atomic E-state index is -3.09. The second-order valence-electron chi connectivity index (χ2n) is 2.53. The van der Waals surface area contributed by atoms with Crippen LogP contribution >= 0.6 is 0 Å². The normalized spacial score (nSPS) is 10.6. The van der Waals surface area contributed by atoms with E-state index in [2.05, 4.69) is 4.98 Å². The summed E-state index contributed by atoms with van der Waals surface area (Å²) in [6.45, 7) is 1.09. The predicted molar refractivity (Wildman–Crippen MR) is 40.5 cm³/mol. The van der Waals surface area contributed by atoms with E-state index in [9.17, 15) is 23.3 Å². The van der Waals surface area contributed by atoms with Crippen molar-refractivity contribution in [1.82, 2.24) is 4.98 Å². The van der Waals surface area contributed by atoms with Crippen LogP contribution < -0.4 is 0 Å². The number of halogens is 3. The molecule has 0 aliphatic heterocycles. The number of hydrogen-bond donors (Lipinski definition) is 0. The van der Waals surface area contributed by atoms with Crippen LogP contribution in [0.3, 0.4) is 0 Å². The molecule has 0 bridgehead atoms. The molecule has 4 nitrogen and oxygen atoms in total. The van der Waals surface area contributed by atoms with Crippen LogP contribution in [0.2, 0.25) is 0 Å². The summed E-state index contributed by atoms with van der Waals surface area (Å²) in [6, 6.07) is 0.437. The minimum absolute atomic E-state index is 0.408. The highest BCUT2D eigenvalue weighted by atomic mass is 19.3. The Kier molecular flexibility index (Phi) is 2.68. The number of nitrogens with zero attached hydrogens (tertiary/aromatic N) is 2. The lowest BCUT2D eigenvalue weighted by Gasteiger charge is -2.01. The largest absolute Gasteiger partial charge is 0.364 e. The maximum absolute atomic E-state index is 12.9. The molecule has 76 valence electrons. The first kappa shape index (κ1) is 10.4. The number of rotatable bonds is 2. The summed E-state index contributed by atoms with van der Waals surface area (Å²) in [7, 11) is 0. The van der Waals surface area contributed by atoms with Crippen LogP contribution in [0.5, 0.6) is 0 Å². The Morgan fingerprint density at radius 2 is 2.14 bits per heavy atom. The zero-order chi connectivity index (χ0) is 10.9. The van der Waals surface area contributed by atoms with E-state index in [0.29, 0.717) is 6.07 Å². The van der Waals surface area contributed by atoms with Gasteiger partial charge in [-0.1, -0.05) is 0 Å². The molecule has 0 N–H and O–H groups in total. The zero-order valence-electron chi connectivity index (χ0n) is 7.00. The SMILES string of the molecule is Cc1nc([N+](=O)[O-])cc(C(F)F)c1F. The predicted octanol–water partition coefficient (Wildman–Crippen LogP) is 2.37. The van der Waals surface area contributed by atoms with Crippen molar-refractivity contribution >= 4 is 5.82 Å². The smallest absolute Gasteiger partial charge is 0.358 e. The second-order valence-corrected chi connectivity index (χ2v) is 2.53. The van der Waals surface area contributed by atoms with Crippen LogP contribution in [0.15, 0.2) is 6.07 Å². The number of aryl methyl sites for hydroxylation is 1. The van der Waals surface area contributed by atoms with Crippen molar-refractivity contribution in [3.05, 3.63) is 33.3 Å². The molecule has 0 saturated carbocycles. The molecule has 1 aromatic rings. The van der Waals surface area contributed by atoms with Crippen molar-refractivity contribution in [2.24, 2.45) is 0 Å². The van der Waals surface area contributed by atoms with Gasteiger partial charge < -0.3 is 10.1 Å². The Morgan fingerprint density at radius 3 is 2.57 bits per heavy atom. The average Bonchev–Trinajstić information content (AvgIpc) is 2.08. The van der Waals surface area contributed by atoms with Gasteiger partial charge in [0.15, 0.2) is 11.5 Å². The quantitative estimate of drug-likeness (QED) is 0.551. The van der Waals surface area contributed by atoms with Gasteiger partial charge >= 0.3 is 5.82 Å². The Balaban J connectivity index is 3.35. The number of pyridine rings is 1. The number of nitro groups is 1. The molecule has 0 aromatic carbocycles. The molecular formula is C7H5F3N2O2. The summed E-state index contributed by atoms with van der Waals surface area (Å²) >= 11 is 0. The third-order valence-corrected chi connectivity index (χ3v) is 1.56. The number of alkyl halides is 2. The summed E-state index contributed by atoms with van der Waals surface area (Å²) in [4.78, 5) is 12.5. The van der Waals surface area contributed by atoms with Gasteiger partial charge in [0.1, 0.15) is 0 Å². The summed E-state index contributed by atoms with van der Waals surface area (Å²) in [5.74, 6) is -1.98. The standard InChI is InChI=1S/C7H5F3N2O2/c1-3-6(8)4(7(9)10)2-5(11-3)12(13)14/h2,7H,1H3. The van der Waals surface area contributed by atoms with Crippen molar-refractivity contribution in [2.75, 3.05) is 0 Å². The van der Waals surface area contributed by atoms with Crippen LogP contribution in [0, 0.1) is 22.9 Å². The van der Waals surface area contributed by atoms with Crippen LogP contribution in [-0.4, -0.2) is 9.91 Å². The van der Waals surface area contributed by atoms with Crippen molar-refractivity contribution < 1.29 is 18.1 Å². The summed E-state index contributed by atoms with van der Waals surface area (Å²) in [5.41, 5.74) is -1.40. The topological polar surface area (TPSA) is 56.0 Å². The first-order chi connectivity index (χ1) is 6.43. The molecule has 0 fully saturated rings. The van der Waals surface area contributed by atoms with E-state index in [1.54, 1.807) is 0 Å². The van der Waals surface area contributed by atoms with Gasteiger partial charge in [0.2, 0.25) is 0 Å². The van der Waals surface area contributed by atoms with E-state index in [1.807, 2.05) is 0 Å². The van der Waals surface area contributed by atoms with E-state index < -0.39 is 34.2 Å².